The fraction of sp³-hybridized carbons (Fsp3) is 0.500. The summed E-state index contributed by atoms with van der Waals surface area (Å²) in [6, 6.07) is 7.00. The molecule has 1 fully saturated rings. The van der Waals surface area contributed by atoms with Crippen LogP contribution in [0.4, 0.5) is 11.4 Å². The van der Waals surface area contributed by atoms with Crippen LogP contribution in [0.2, 0.25) is 0 Å². The topological polar surface area (TPSA) is 24.5 Å². The van der Waals surface area contributed by atoms with Crippen LogP contribution in [0.5, 0.6) is 0 Å². The second-order valence-corrected chi connectivity index (χ2v) is 4.27. The van der Waals surface area contributed by atoms with Gasteiger partial charge in [-0.25, -0.2) is 0 Å². The van der Waals surface area contributed by atoms with Gasteiger partial charge in [0.05, 0.1) is 30.6 Å². The van der Waals surface area contributed by atoms with Crippen LogP contribution >= 0.6 is 0 Å². The molecule has 3 rings (SSSR count). The van der Waals surface area contributed by atoms with E-state index in [1.165, 1.54) is 16.9 Å². The molecule has 1 saturated heterocycles. The largest absolute Gasteiger partial charge is 0.381 e. The number of fused-ring (bicyclic) bond motifs is 3. The van der Waals surface area contributed by atoms with E-state index in [1.807, 2.05) is 0 Å². The van der Waals surface area contributed by atoms with E-state index < -0.39 is 0 Å². The number of anilines is 2. The van der Waals surface area contributed by atoms with Crippen molar-refractivity contribution in [1.82, 2.24) is 0 Å². The van der Waals surface area contributed by atoms with Crippen molar-refractivity contribution in [3.8, 4) is 0 Å². The first kappa shape index (κ1) is 9.04. The summed E-state index contributed by atoms with van der Waals surface area (Å²) in [5.74, 6) is 0. The van der Waals surface area contributed by atoms with Gasteiger partial charge in [-0.3, -0.25) is 0 Å². The number of hydrogen-bond acceptors (Lipinski definition) is 3. The third-order valence-corrected chi connectivity index (χ3v) is 3.30. The van der Waals surface area contributed by atoms with Gasteiger partial charge in [0.15, 0.2) is 0 Å². The Morgan fingerprint density at radius 2 is 2.40 bits per heavy atom. The Balaban J connectivity index is 2.03. The zero-order valence-corrected chi connectivity index (χ0v) is 8.99. The van der Waals surface area contributed by atoms with Crippen molar-refractivity contribution >= 4 is 11.4 Å². The minimum absolute atomic E-state index is 0.507. The van der Waals surface area contributed by atoms with E-state index in [-0.39, 0.29) is 0 Å². The normalized spacial score (nSPS) is 24.1. The van der Waals surface area contributed by atoms with E-state index in [4.69, 9.17) is 4.74 Å². The molecule has 0 radical (unpaired) electrons. The molecular weight excluding hydrogens is 188 g/mol. The lowest BCUT2D eigenvalue weighted by Gasteiger charge is -2.42. The molecule has 3 nitrogen and oxygen atoms in total. The molecule has 0 aromatic heterocycles. The minimum Gasteiger partial charge on any atom is -0.381 e. The van der Waals surface area contributed by atoms with Crippen LogP contribution in [-0.2, 0) is 4.74 Å². The van der Waals surface area contributed by atoms with Crippen molar-refractivity contribution in [1.29, 1.82) is 0 Å². The summed E-state index contributed by atoms with van der Waals surface area (Å²) in [4.78, 5) is 2.47. The van der Waals surface area contributed by atoms with Gasteiger partial charge in [0.2, 0.25) is 0 Å². The van der Waals surface area contributed by atoms with Gasteiger partial charge in [-0.15, -0.1) is 0 Å². The SMILES string of the molecule is Cc1cccc2c1NCC1COCCN21. The molecule has 80 valence electrons. The molecule has 0 aliphatic carbocycles. The number of aryl methyl sites for hydroxylation is 1. The fourth-order valence-electron chi connectivity index (χ4n) is 2.48. The zero-order chi connectivity index (χ0) is 10.3. The highest BCUT2D eigenvalue weighted by molar-refractivity contribution is 5.76. The van der Waals surface area contributed by atoms with Gasteiger partial charge in [0.1, 0.15) is 0 Å². The monoisotopic (exact) mass is 204 g/mol. The molecule has 3 heteroatoms. The molecule has 0 amide bonds. The number of para-hydroxylation sites is 1. The summed E-state index contributed by atoms with van der Waals surface area (Å²) in [6.45, 7) is 5.87. The molecular formula is C12H16N2O. The average molecular weight is 204 g/mol. The Kier molecular flexibility index (Phi) is 2.06. The molecule has 0 bridgehead atoms. The van der Waals surface area contributed by atoms with Crippen LogP contribution < -0.4 is 10.2 Å². The summed E-state index contributed by atoms with van der Waals surface area (Å²) in [6.07, 6.45) is 0. The van der Waals surface area contributed by atoms with Gasteiger partial charge >= 0.3 is 0 Å². The Morgan fingerprint density at radius 1 is 1.47 bits per heavy atom. The first-order chi connectivity index (χ1) is 7.36. The number of rotatable bonds is 0. The molecule has 1 aromatic rings. The number of morpholine rings is 1. The van der Waals surface area contributed by atoms with E-state index in [0.29, 0.717) is 6.04 Å². The van der Waals surface area contributed by atoms with Gasteiger partial charge in [-0.05, 0) is 18.6 Å². The number of hydrogen-bond donors (Lipinski definition) is 1. The highest BCUT2D eigenvalue weighted by Gasteiger charge is 2.29. The van der Waals surface area contributed by atoms with Crippen LogP contribution in [0, 0.1) is 6.92 Å². The van der Waals surface area contributed by atoms with Crippen molar-refractivity contribution in [3.05, 3.63) is 23.8 Å². The Hall–Kier alpha value is -1.22. The molecule has 1 unspecified atom stereocenters. The zero-order valence-electron chi connectivity index (χ0n) is 8.99. The maximum Gasteiger partial charge on any atom is 0.0697 e. The molecule has 1 N–H and O–H groups in total. The predicted molar refractivity (Wildman–Crippen MR) is 61.6 cm³/mol. The van der Waals surface area contributed by atoms with Crippen LogP contribution in [0.3, 0.4) is 0 Å². The van der Waals surface area contributed by atoms with Gasteiger partial charge < -0.3 is 15.0 Å². The lowest BCUT2D eigenvalue weighted by molar-refractivity contribution is 0.0964. The Morgan fingerprint density at radius 3 is 3.33 bits per heavy atom. The highest BCUT2D eigenvalue weighted by atomic mass is 16.5. The van der Waals surface area contributed by atoms with Crippen LogP contribution in [0.25, 0.3) is 0 Å². The maximum atomic E-state index is 5.50. The summed E-state index contributed by atoms with van der Waals surface area (Å²) in [5, 5.41) is 3.51. The van der Waals surface area contributed by atoms with Crippen molar-refractivity contribution in [2.75, 3.05) is 36.5 Å². The molecule has 2 heterocycles. The van der Waals surface area contributed by atoms with Gasteiger partial charge in [-0.2, -0.15) is 0 Å². The summed E-state index contributed by atoms with van der Waals surface area (Å²) >= 11 is 0. The standard InChI is InChI=1S/C12H16N2O/c1-9-3-2-4-11-12(9)13-7-10-8-15-6-5-14(10)11/h2-4,10,13H,5-8H2,1H3. The lowest BCUT2D eigenvalue weighted by Crippen LogP contribution is -2.51. The second kappa shape index (κ2) is 3.42. The predicted octanol–water partition coefficient (Wildman–Crippen LogP) is 1.63. The highest BCUT2D eigenvalue weighted by Crippen LogP contribution is 2.34. The minimum atomic E-state index is 0.507. The molecule has 1 atom stereocenters. The second-order valence-electron chi connectivity index (χ2n) is 4.27. The van der Waals surface area contributed by atoms with Crippen LogP contribution in [-0.4, -0.2) is 32.3 Å². The van der Waals surface area contributed by atoms with Crippen LogP contribution in [0.1, 0.15) is 5.56 Å². The summed E-state index contributed by atoms with van der Waals surface area (Å²) in [5.41, 5.74) is 3.97. The van der Waals surface area contributed by atoms with E-state index in [9.17, 15) is 0 Å². The molecule has 1 aromatic carbocycles. The van der Waals surface area contributed by atoms with Crippen LogP contribution in [0.15, 0.2) is 18.2 Å². The third kappa shape index (κ3) is 1.38. The third-order valence-electron chi connectivity index (χ3n) is 3.30. The number of nitrogens with zero attached hydrogens (tertiary/aromatic N) is 1. The van der Waals surface area contributed by atoms with Crippen molar-refractivity contribution < 1.29 is 4.74 Å². The fourth-order valence-corrected chi connectivity index (χ4v) is 2.48. The van der Waals surface area contributed by atoms with E-state index >= 15 is 0 Å². The molecule has 15 heavy (non-hydrogen) atoms. The number of ether oxygens (including phenoxy) is 1. The first-order valence-corrected chi connectivity index (χ1v) is 5.54. The van der Waals surface area contributed by atoms with E-state index in [2.05, 4.69) is 35.3 Å². The maximum absolute atomic E-state index is 5.50. The van der Waals surface area contributed by atoms with Gasteiger partial charge in [-0.1, -0.05) is 12.1 Å². The van der Waals surface area contributed by atoms with Crippen molar-refractivity contribution in [2.24, 2.45) is 0 Å². The van der Waals surface area contributed by atoms with Gasteiger partial charge in [0, 0.05) is 13.1 Å². The van der Waals surface area contributed by atoms with E-state index in [0.717, 1.165) is 26.3 Å². The first-order valence-electron chi connectivity index (χ1n) is 5.54. The smallest absolute Gasteiger partial charge is 0.0697 e. The summed E-state index contributed by atoms with van der Waals surface area (Å²) < 4.78 is 5.50. The molecule has 0 spiro atoms. The molecule has 2 aliphatic rings. The van der Waals surface area contributed by atoms with E-state index in [1.54, 1.807) is 0 Å². The quantitative estimate of drug-likeness (QED) is 0.695. The van der Waals surface area contributed by atoms with Crippen molar-refractivity contribution in [2.45, 2.75) is 13.0 Å². The average Bonchev–Trinajstić information content (AvgIpc) is 2.29. The number of benzene rings is 1. The molecule has 2 aliphatic heterocycles. The number of nitrogens with one attached hydrogen (secondary N) is 1. The Labute approximate surface area is 90.0 Å². The summed E-state index contributed by atoms with van der Waals surface area (Å²) in [7, 11) is 0. The van der Waals surface area contributed by atoms with Crippen molar-refractivity contribution in [3.63, 3.8) is 0 Å². The lowest BCUT2D eigenvalue weighted by atomic mass is 10.1. The Bertz CT molecular complexity index is 378. The van der Waals surface area contributed by atoms with Gasteiger partial charge in [0.25, 0.3) is 0 Å². The molecule has 0 saturated carbocycles.